The molecule has 1 atom stereocenters. The quantitative estimate of drug-likeness (QED) is 0.510. The molecule has 2 aromatic carbocycles. The van der Waals surface area contributed by atoms with Gasteiger partial charge in [0.25, 0.3) is 5.91 Å². The summed E-state index contributed by atoms with van der Waals surface area (Å²) in [4.78, 5) is 21.0. The zero-order chi connectivity index (χ0) is 21.3. The molecule has 1 aromatic heterocycles. The van der Waals surface area contributed by atoms with Crippen molar-refractivity contribution in [1.29, 1.82) is 0 Å². The first-order valence-electron chi connectivity index (χ1n) is 9.54. The molecule has 0 spiro atoms. The third-order valence-electron chi connectivity index (χ3n) is 4.99. The Morgan fingerprint density at radius 2 is 2.10 bits per heavy atom. The van der Waals surface area contributed by atoms with Crippen LogP contribution in [0, 0.1) is 0 Å². The molecule has 0 aliphatic carbocycles. The average Bonchev–Trinajstić information content (AvgIpc) is 3.39. The number of ether oxygens (including phenoxy) is 1. The zero-order valence-electron chi connectivity index (χ0n) is 16.7. The average molecular weight is 463 g/mol. The molecule has 1 aliphatic heterocycles. The lowest BCUT2D eigenvalue weighted by atomic mass is 10.1. The van der Waals surface area contributed by atoms with Crippen molar-refractivity contribution in [2.24, 2.45) is 0 Å². The molecule has 1 amide bonds. The van der Waals surface area contributed by atoms with E-state index in [-0.39, 0.29) is 22.5 Å². The molecule has 0 radical (unpaired) electrons. The van der Waals surface area contributed by atoms with Crippen molar-refractivity contribution in [3.63, 3.8) is 0 Å². The van der Waals surface area contributed by atoms with Crippen LogP contribution in [0.5, 0.6) is 0 Å². The van der Waals surface area contributed by atoms with Gasteiger partial charge in [-0.3, -0.25) is 9.69 Å². The number of thioether (sulfide) groups is 1. The molecule has 1 saturated heterocycles. The first-order valence-corrected chi connectivity index (χ1v) is 13.5. The number of thiazole rings is 1. The van der Waals surface area contributed by atoms with Crippen molar-refractivity contribution in [2.75, 3.05) is 30.6 Å². The van der Waals surface area contributed by atoms with E-state index in [1.54, 1.807) is 34.9 Å². The number of aromatic nitrogens is 1. The maximum atomic E-state index is 13.6. The van der Waals surface area contributed by atoms with Crippen LogP contribution >= 0.6 is 23.1 Å². The van der Waals surface area contributed by atoms with Gasteiger partial charge in [0.1, 0.15) is 0 Å². The van der Waals surface area contributed by atoms with Gasteiger partial charge in [-0.1, -0.05) is 23.5 Å². The van der Waals surface area contributed by atoms with E-state index in [1.807, 2.05) is 18.4 Å². The predicted octanol–water partition coefficient (Wildman–Crippen LogP) is 4.25. The molecule has 0 saturated carbocycles. The summed E-state index contributed by atoms with van der Waals surface area (Å²) in [5.74, 6) is -0.379. The Labute approximate surface area is 184 Å². The Kier molecular flexibility index (Phi) is 6.15. The molecule has 0 bridgehead atoms. The standard InChI is InChI=1S/C21H22N2O4S3/c1-28-15-9-10-17-18(12-15)29-21(22-17)23(13-14-6-5-11-27-14)20(24)16-7-3-4-8-19(16)30(2,25)26/h3-4,7-10,12,14H,5-6,11,13H2,1-2H3. The van der Waals surface area contributed by atoms with Gasteiger partial charge in [0.2, 0.25) is 0 Å². The van der Waals surface area contributed by atoms with Crippen LogP contribution in [-0.4, -0.2) is 51.1 Å². The number of carbonyl (C=O) groups excluding carboxylic acids is 1. The fraction of sp³-hybridized carbons (Fsp3) is 0.333. The SMILES string of the molecule is CSc1ccc2nc(N(CC3CCCO3)C(=O)c3ccccc3S(C)(=O)=O)sc2c1. The van der Waals surface area contributed by atoms with Crippen molar-refractivity contribution < 1.29 is 17.9 Å². The zero-order valence-corrected chi connectivity index (χ0v) is 19.1. The highest BCUT2D eigenvalue weighted by Crippen LogP contribution is 2.33. The molecule has 1 unspecified atom stereocenters. The van der Waals surface area contributed by atoms with Crippen LogP contribution in [0.3, 0.4) is 0 Å². The van der Waals surface area contributed by atoms with Gasteiger partial charge >= 0.3 is 0 Å². The van der Waals surface area contributed by atoms with Crippen LogP contribution in [0.4, 0.5) is 5.13 Å². The molecule has 3 aromatic rings. The first-order chi connectivity index (χ1) is 14.4. The van der Waals surface area contributed by atoms with E-state index in [0.29, 0.717) is 18.3 Å². The second kappa shape index (κ2) is 8.66. The van der Waals surface area contributed by atoms with Gasteiger partial charge in [-0.05, 0) is 49.4 Å². The summed E-state index contributed by atoms with van der Waals surface area (Å²) in [7, 11) is -3.55. The van der Waals surface area contributed by atoms with E-state index in [1.165, 1.54) is 17.4 Å². The minimum absolute atomic E-state index is 0.0260. The number of amides is 1. The fourth-order valence-corrected chi connectivity index (χ4v) is 5.89. The lowest BCUT2D eigenvalue weighted by Gasteiger charge is -2.24. The number of anilines is 1. The van der Waals surface area contributed by atoms with Crippen molar-refractivity contribution >= 4 is 54.2 Å². The van der Waals surface area contributed by atoms with Crippen LogP contribution < -0.4 is 4.90 Å². The molecule has 158 valence electrons. The van der Waals surface area contributed by atoms with Crippen molar-refractivity contribution in [2.45, 2.75) is 28.7 Å². The van der Waals surface area contributed by atoms with E-state index < -0.39 is 9.84 Å². The third kappa shape index (κ3) is 4.39. The molecule has 30 heavy (non-hydrogen) atoms. The van der Waals surface area contributed by atoms with Crippen molar-refractivity contribution in [3.8, 4) is 0 Å². The fourth-order valence-electron chi connectivity index (χ4n) is 3.49. The summed E-state index contributed by atoms with van der Waals surface area (Å²) in [6.45, 7) is 1.01. The molecule has 1 aliphatic rings. The first kappa shape index (κ1) is 21.3. The van der Waals surface area contributed by atoms with Crippen LogP contribution in [0.15, 0.2) is 52.3 Å². The number of nitrogens with zero attached hydrogens (tertiary/aromatic N) is 2. The van der Waals surface area contributed by atoms with Gasteiger partial charge in [-0.25, -0.2) is 13.4 Å². The molecule has 2 heterocycles. The van der Waals surface area contributed by atoms with Gasteiger partial charge in [0.15, 0.2) is 15.0 Å². The molecule has 6 nitrogen and oxygen atoms in total. The van der Waals surface area contributed by atoms with Crippen LogP contribution in [0.2, 0.25) is 0 Å². The number of hydrogen-bond acceptors (Lipinski definition) is 7. The summed E-state index contributed by atoms with van der Waals surface area (Å²) in [5, 5.41) is 0.548. The van der Waals surface area contributed by atoms with Gasteiger partial charge in [0.05, 0.1) is 33.3 Å². The Morgan fingerprint density at radius 3 is 2.80 bits per heavy atom. The summed E-state index contributed by atoms with van der Waals surface area (Å²) < 4.78 is 31.3. The number of rotatable bonds is 6. The van der Waals surface area contributed by atoms with E-state index in [4.69, 9.17) is 4.74 Å². The summed E-state index contributed by atoms with van der Waals surface area (Å²) in [6, 6.07) is 12.3. The minimum atomic E-state index is -3.55. The van der Waals surface area contributed by atoms with Gasteiger partial charge in [-0.2, -0.15) is 0 Å². The number of carbonyl (C=O) groups is 1. The molecule has 0 N–H and O–H groups in total. The van der Waals surface area contributed by atoms with Gasteiger partial charge in [0, 0.05) is 17.8 Å². The highest BCUT2D eigenvalue weighted by Gasteiger charge is 2.29. The lowest BCUT2D eigenvalue weighted by Crippen LogP contribution is -2.38. The van der Waals surface area contributed by atoms with E-state index in [0.717, 1.165) is 34.2 Å². The molecule has 4 rings (SSSR count). The number of fused-ring (bicyclic) bond motifs is 1. The Bertz CT molecular complexity index is 1180. The highest BCUT2D eigenvalue weighted by molar-refractivity contribution is 7.98. The van der Waals surface area contributed by atoms with Crippen molar-refractivity contribution in [1.82, 2.24) is 4.98 Å². The predicted molar refractivity (Wildman–Crippen MR) is 122 cm³/mol. The maximum Gasteiger partial charge on any atom is 0.261 e. The van der Waals surface area contributed by atoms with Crippen LogP contribution in [0.25, 0.3) is 10.2 Å². The second-order valence-corrected chi connectivity index (χ2v) is 11.0. The third-order valence-corrected chi connectivity index (χ3v) is 7.91. The van der Waals surface area contributed by atoms with E-state index >= 15 is 0 Å². The maximum absolute atomic E-state index is 13.6. The Hall–Kier alpha value is -1.94. The van der Waals surface area contributed by atoms with E-state index in [2.05, 4.69) is 11.1 Å². The number of hydrogen-bond donors (Lipinski definition) is 0. The molecule has 9 heteroatoms. The summed E-state index contributed by atoms with van der Waals surface area (Å²) in [6.07, 6.45) is 4.85. The Balaban J connectivity index is 1.78. The number of benzene rings is 2. The topological polar surface area (TPSA) is 76.6 Å². The summed E-state index contributed by atoms with van der Waals surface area (Å²) in [5.41, 5.74) is 0.969. The van der Waals surface area contributed by atoms with E-state index in [9.17, 15) is 13.2 Å². The monoisotopic (exact) mass is 462 g/mol. The normalized spacial score (nSPS) is 16.8. The molecular weight excluding hydrogens is 440 g/mol. The van der Waals surface area contributed by atoms with Crippen LogP contribution in [0.1, 0.15) is 23.2 Å². The van der Waals surface area contributed by atoms with Gasteiger partial charge < -0.3 is 4.74 Å². The lowest BCUT2D eigenvalue weighted by molar-refractivity contribution is 0.0915. The van der Waals surface area contributed by atoms with Gasteiger partial charge in [-0.15, -0.1) is 11.8 Å². The minimum Gasteiger partial charge on any atom is -0.376 e. The molecule has 1 fully saturated rings. The smallest absolute Gasteiger partial charge is 0.261 e. The summed E-state index contributed by atoms with van der Waals surface area (Å²) >= 11 is 3.08. The Morgan fingerprint density at radius 1 is 1.30 bits per heavy atom. The molecular formula is C21H22N2O4S3. The van der Waals surface area contributed by atoms with Crippen molar-refractivity contribution in [3.05, 3.63) is 48.0 Å². The largest absolute Gasteiger partial charge is 0.376 e. The second-order valence-electron chi connectivity index (χ2n) is 7.15. The highest BCUT2D eigenvalue weighted by atomic mass is 32.2. The number of sulfone groups is 1. The van der Waals surface area contributed by atoms with Crippen LogP contribution in [-0.2, 0) is 14.6 Å².